The molecule has 0 aliphatic heterocycles. The molecule has 0 aromatic heterocycles. The maximum absolute atomic E-state index is 5.70. The third-order valence-electron chi connectivity index (χ3n) is 3.44. The highest BCUT2D eigenvalue weighted by Gasteiger charge is 2.25. The fraction of sp³-hybridized carbons (Fsp3) is 0.647. The summed E-state index contributed by atoms with van der Waals surface area (Å²) < 4.78 is 0. The van der Waals surface area contributed by atoms with Crippen LogP contribution in [0.4, 0.5) is 0 Å². The van der Waals surface area contributed by atoms with Gasteiger partial charge in [-0.3, -0.25) is 0 Å². The molecule has 0 radical (unpaired) electrons. The molecule has 0 unspecified atom stereocenters. The molecule has 19 heavy (non-hydrogen) atoms. The van der Waals surface area contributed by atoms with Crippen molar-refractivity contribution in [3.8, 4) is 5.75 Å². The zero-order valence-corrected chi connectivity index (χ0v) is 13.0. The molecule has 0 N–H and O–H groups in total. The van der Waals surface area contributed by atoms with Crippen molar-refractivity contribution in [2.24, 2.45) is 0 Å². The van der Waals surface area contributed by atoms with Gasteiger partial charge in [-0.15, -0.1) is 0 Å². The van der Waals surface area contributed by atoms with Crippen molar-refractivity contribution in [2.75, 3.05) is 0 Å². The molecule has 0 aliphatic carbocycles. The molecule has 0 spiro atoms. The molecular formula is C17H28O2. The van der Waals surface area contributed by atoms with Crippen LogP contribution in [0.1, 0.15) is 71.8 Å². The van der Waals surface area contributed by atoms with Gasteiger partial charge in [0.25, 0.3) is 0 Å². The van der Waals surface area contributed by atoms with Crippen LogP contribution in [0.2, 0.25) is 0 Å². The number of hydrogen-bond acceptors (Lipinski definition) is 2. The largest absolute Gasteiger partial charge is 0.337 e. The molecule has 2 heteroatoms. The van der Waals surface area contributed by atoms with Gasteiger partial charge in [-0.1, -0.05) is 52.7 Å². The van der Waals surface area contributed by atoms with Crippen molar-refractivity contribution in [3.63, 3.8) is 0 Å². The molecule has 0 heterocycles. The van der Waals surface area contributed by atoms with Gasteiger partial charge in [-0.25, -0.2) is 0 Å². The lowest BCUT2D eigenvalue weighted by atomic mass is 9.95. The third kappa shape index (κ3) is 5.23. The molecular weight excluding hydrogens is 236 g/mol. The molecule has 1 aromatic carbocycles. The highest BCUT2D eigenvalue weighted by atomic mass is 17.2. The van der Waals surface area contributed by atoms with E-state index in [1.807, 2.05) is 12.1 Å². The molecule has 0 aliphatic rings. The molecule has 0 fully saturated rings. The van der Waals surface area contributed by atoms with E-state index in [2.05, 4.69) is 46.8 Å². The third-order valence-corrected chi connectivity index (χ3v) is 3.44. The zero-order valence-electron chi connectivity index (χ0n) is 13.0. The highest BCUT2D eigenvalue weighted by molar-refractivity contribution is 5.28. The number of rotatable bonds is 8. The first-order chi connectivity index (χ1) is 9.00. The summed E-state index contributed by atoms with van der Waals surface area (Å²) in [6.07, 6.45) is 4.24. The summed E-state index contributed by atoms with van der Waals surface area (Å²) in [5.74, 6) is 1.32. The van der Waals surface area contributed by atoms with E-state index in [1.165, 1.54) is 5.56 Å². The lowest BCUT2D eigenvalue weighted by molar-refractivity contribution is -0.290. The van der Waals surface area contributed by atoms with Crippen molar-refractivity contribution in [1.82, 2.24) is 0 Å². The average molecular weight is 264 g/mol. The minimum atomic E-state index is -0.180. The maximum atomic E-state index is 5.70. The lowest BCUT2D eigenvalue weighted by Crippen LogP contribution is -2.30. The van der Waals surface area contributed by atoms with Crippen LogP contribution in [0.25, 0.3) is 0 Å². The molecule has 0 amide bonds. The van der Waals surface area contributed by atoms with E-state index in [4.69, 9.17) is 9.78 Å². The standard InChI is InChI=1S/C17H28O2/c1-6-12-17(5,13-7-2)19-18-16-10-8-15(9-11-16)14(3)4/h8-11,14H,6-7,12-13H2,1-5H3. The van der Waals surface area contributed by atoms with Gasteiger partial charge < -0.3 is 4.89 Å². The smallest absolute Gasteiger partial charge is 0.165 e. The fourth-order valence-corrected chi connectivity index (χ4v) is 2.32. The van der Waals surface area contributed by atoms with Crippen LogP contribution < -0.4 is 4.89 Å². The molecule has 2 nitrogen and oxygen atoms in total. The molecule has 108 valence electrons. The minimum absolute atomic E-state index is 0.180. The van der Waals surface area contributed by atoms with Gasteiger partial charge in [0, 0.05) is 0 Å². The predicted octanol–water partition coefficient (Wildman–Crippen LogP) is 5.48. The summed E-state index contributed by atoms with van der Waals surface area (Å²) in [6.45, 7) is 10.9. The monoisotopic (exact) mass is 264 g/mol. The second kappa shape index (κ2) is 7.54. The molecule has 0 saturated heterocycles. The second-order valence-corrected chi connectivity index (χ2v) is 5.84. The molecule has 0 bridgehead atoms. The Balaban J connectivity index is 2.58. The van der Waals surface area contributed by atoms with Crippen molar-refractivity contribution in [1.29, 1.82) is 0 Å². The highest BCUT2D eigenvalue weighted by Crippen LogP contribution is 2.26. The van der Waals surface area contributed by atoms with E-state index in [0.717, 1.165) is 31.4 Å². The summed E-state index contributed by atoms with van der Waals surface area (Å²) in [6, 6.07) is 8.15. The van der Waals surface area contributed by atoms with Crippen molar-refractivity contribution in [2.45, 2.75) is 71.8 Å². The maximum Gasteiger partial charge on any atom is 0.165 e. The van der Waals surface area contributed by atoms with Gasteiger partial charge in [0.15, 0.2) is 5.75 Å². The van der Waals surface area contributed by atoms with Crippen LogP contribution in [0.3, 0.4) is 0 Å². The predicted molar refractivity (Wildman–Crippen MR) is 80.5 cm³/mol. The fourth-order valence-electron chi connectivity index (χ4n) is 2.32. The molecule has 0 saturated carbocycles. The summed E-state index contributed by atoms with van der Waals surface area (Å²) in [7, 11) is 0. The topological polar surface area (TPSA) is 18.5 Å². The van der Waals surface area contributed by atoms with E-state index in [1.54, 1.807) is 0 Å². The number of hydrogen-bond donors (Lipinski definition) is 0. The van der Waals surface area contributed by atoms with Crippen LogP contribution in [-0.4, -0.2) is 5.60 Å². The summed E-state index contributed by atoms with van der Waals surface area (Å²) >= 11 is 0. The molecule has 0 atom stereocenters. The molecule has 1 rings (SSSR count). The van der Waals surface area contributed by atoms with Gasteiger partial charge in [0.2, 0.25) is 0 Å². The van der Waals surface area contributed by atoms with E-state index in [0.29, 0.717) is 5.92 Å². The quantitative estimate of drug-likeness (QED) is 0.457. The van der Waals surface area contributed by atoms with Crippen molar-refractivity contribution < 1.29 is 9.78 Å². The lowest BCUT2D eigenvalue weighted by Gasteiger charge is -2.27. The van der Waals surface area contributed by atoms with Crippen LogP contribution in [-0.2, 0) is 4.89 Å². The van der Waals surface area contributed by atoms with Crippen LogP contribution in [0.15, 0.2) is 24.3 Å². The van der Waals surface area contributed by atoms with Gasteiger partial charge >= 0.3 is 0 Å². The first kappa shape index (κ1) is 16.0. The van der Waals surface area contributed by atoms with Crippen molar-refractivity contribution >= 4 is 0 Å². The Labute approximate surface area is 118 Å². The van der Waals surface area contributed by atoms with Gasteiger partial charge in [0.1, 0.15) is 5.60 Å². The minimum Gasteiger partial charge on any atom is -0.337 e. The van der Waals surface area contributed by atoms with E-state index < -0.39 is 0 Å². The van der Waals surface area contributed by atoms with Crippen LogP contribution in [0, 0.1) is 0 Å². The Morgan fingerprint density at radius 3 is 1.95 bits per heavy atom. The van der Waals surface area contributed by atoms with Gasteiger partial charge in [-0.2, -0.15) is 4.89 Å². The van der Waals surface area contributed by atoms with Crippen molar-refractivity contribution in [3.05, 3.63) is 29.8 Å². The SMILES string of the molecule is CCCC(C)(CCC)OOc1ccc(C(C)C)cc1. The summed E-state index contributed by atoms with van der Waals surface area (Å²) in [4.78, 5) is 11.2. The molecule has 1 aromatic rings. The number of benzene rings is 1. The summed E-state index contributed by atoms with van der Waals surface area (Å²) in [5.41, 5.74) is 1.14. The first-order valence-corrected chi connectivity index (χ1v) is 7.46. The first-order valence-electron chi connectivity index (χ1n) is 7.46. The Morgan fingerprint density at radius 2 is 1.53 bits per heavy atom. The van der Waals surface area contributed by atoms with Gasteiger partial charge in [0.05, 0.1) is 0 Å². The van der Waals surface area contributed by atoms with E-state index >= 15 is 0 Å². The zero-order chi connectivity index (χ0) is 14.3. The van der Waals surface area contributed by atoms with Gasteiger partial charge in [-0.05, 0) is 43.4 Å². The average Bonchev–Trinajstić information content (AvgIpc) is 2.37. The Kier molecular flexibility index (Phi) is 6.36. The van der Waals surface area contributed by atoms with Crippen LogP contribution in [0.5, 0.6) is 5.75 Å². The Hall–Kier alpha value is -1.02. The Bertz CT molecular complexity index is 348. The van der Waals surface area contributed by atoms with E-state index in [9.17, 15) is 0 Å². The Morgan fingerprint density at radius 1 is 1.00 bits per heavy atom. The normalized spacial score (nSPS) is 11.9. The second-order valence-electron chi connectivity index (χ2n) is 5.84. The van der Waals surface area contributed by atoms with E-state index in [-0.39, 0.29) is 5.60 Å². The summed E-state index contributed by atoms with van der Waals surface area (Å²) in [5, 5.41) is 0. The van der Waals surface area contributed by atoms with Crippen LogP contribution >= 0.6 is 0 Å².